The highest BCUT2D eigenvalue weighted by Gasteiger charge is 2.37. The topological polar surface area (TPSA) is 39.9 Å². The lowest BCUT2D eigenvalue weighted by molar-refractivity contribution is 0.481. The van der Waals surface area contributed by atoms with Crippen LogP contribution in [0.5, 0.6) is 11.5 Å². The lowest BCUT2D eigenvalue weighted by Gasteiger charge is -2.22. The second-order valence-electron chi connectivity index (χ2n) is 12.2. The second kappa shape index (κ2) is 7.87. The van der Waals surface area contributed by atoms with Crippen molar-refractivity contribution in [2.24, 2.45) is 0 Å². The van der Waals surface area contributed by atoms with Crippen LogP contribution in [0.25, 0.3) is 71.7 Å². The van der Waals surface area contributed by atoms with Crippen molar-refractivity contribution in [1.29, 1.82) is 0 Å². The third-order valence-electron chi connectivity index (χ3n) is 9.64. The van der Waals surface area contributed by atoms with E-state index in [0.29, 0.717) is 11.7 Å². The van der Waals surface area contributed by atoms with E-state index in [4.69, 9.17) is 14.7 Å². The van der Waals surface area contributed by atoms with Gasteiger partial charge < -0.3 is 4.74 Å². The highest BCUT2D eigenvalue weighted by molar-refractivity contribution is 6.13. The molecular weight excluding hydrogens is 526 g/mol. The Kier molecular flexibility index (Phi) is 4.23. The van der Waals surface area contributed by atoms with Crippen molar-refractivity contribution in [2.75, 3.05) is 0 Å². The summed E-state index contributed by atoms with van der Waals surface area (Å²) in [6, 6.07) is 39.2. The van der Waals surface area contributed by atoms with Gasteiger partial charge in [-0.25, -0.2) is 9.97 Å². The first-order chi connectivity index (χ1) is 21.1. The van der Waals surface area contributed by atoms with Gasteiger partial charge in [-0.15, -0.1) is 0 Å². The van der Waals surface area contributed by atoms with Crippen LogP contribution in [0.3, 0.4) is 0 Å². The molecule has 0 saturated carbocycles. The summed E-state index contributed by atoms with van der Waals surface area (Å²) in [5.41, 5.74) is 9.32. The van der Waals surface area contributed by atoms with Crippen LogP contribution in [0.1, 0.15) is 25.0 Å². The number of ether oxygens (including phenoxy) is 1. The first kappa shape index (κ1) is 23.1. The fraction of sp³-hybridized carbons (Fsp3) is 0.0769. The minimum atomic E-state index is -0.145. The third-order valence-corrected chi connectivity index (χ3v) is 9.64. The molecule has 1 aliphatic heterocycles. The number of para-hydroxylation sites is 1. The van der Waals surface area contributed by atoms with E-state index in [1.165, 1.54) is 43.8 Å². The van der Waals surface area contributed by atoms with Gasteiger partial charge in [0.15, 0.2) is 5.75 Å². The van der Waals surface area contributed by atoms with Crippen LogP contribution in [0, 0.1) is 0 Å². The van der Waals surface area contributed by atoms with Gasteiger partial charge in [0.1, 0.15) is 11.4 Å². The molecule has 2 aliphatic rings. The summed E-state index contributed by atoms with van der Waals surface area (Å²) in [5.74, 6) is 2.17. The maximum absolute atomic E-state index is 6.32. The van der Waals surface area contributed by atoms with Crippen molar-refractivity contribution < 1.29 is 4.74 Å². The number of nitrogens with zero attached hydrogens (tertiary/aromatic N) is 3. The number of benzene rings is 6. The van der Waals surface area contributed by atoms with Crippen molar-refractivity contribution in [3.63, 3.8) is 0 Å². The van der Waals surface area contributed by atoms with E-state index < -0.39 is 0 Å². The summed E-state index contributed by atoms with van der Waals surface area (Å²) in [4.78, 5) is 10.1. The first-order valence-electron chi connectivity index (χ1n) is 14.8. The molecule has 1 aliphatic carbocycles. The fourth-order valence-corrected chi connectivity index (χ4v) is 7.63. The van der Waals surface area contributed by atoms with Crippen LogP contribution in [-0.2, 0) is 5.41 Å². The van der Waals surface area contributed by atoms with Crippen LogP contribution >= 0.6 is 0 Å². The molecule has 10 rings (SSSR count). The molecule has 0 fully saturated rings. The van der Waals surface area contributed by atoms with Gasteiger partial charge >= 0.3 is 0 Å². The van der Waals surface area contributed by atoms with Crippen LogP contribution in [-0.4, -0.2) is 14.5 Å². The normalized spacial score (nSPS) is 14.2. The van der Waals surface area contributed by atoms with Crippen LogP contribution in [0.15, 0.2) is 115 Å². The minimum Gasteiger partial charge on any atom is -0.453 e. The fourth-order valence-electron chi connectivity index (χ4n) is 7.63. The first-order valence-corrected chi connectivity index (χ1v) is 14.8. The van der Waals surface area contributed by atoms with Crippen molar-refractivity contribution in [3.05, 3.63) is 127 Å². The Morgan fingerprint density at radius 3 is 2.33 bits per heavy atom. The molecule has 0 amide bonds. The van der Waals surface area contributed by atoms with Gasteiger partial charge in [-0.2, -0.15) is 0 Å². The highest BCUT2D eigenvalue weighted by atomic mass is 16.5. The van der Waals surface area contributed by atoms with Crippen LogP contribution < -0.4 is 4.74 Å². The number of hydrogen-bond donors (Lipinski definition) is 0. The average molecular weight is 552 g/mol. The molecule has 8 aromatic rings. The minimum absolute atomic E-state index is 0.145. The highest BCUT2D eigenvalue weighted by Crippen LogP contribution is 2.53. The number of hydrogen-bond acceptors (Lipinski definition) is 3. The Morgan fingerprint density at radius 1 is 0.628 bits per heavy atom. The number of fused-ring (bicyclic) bond motifs is 10. The van der Waals surface area contributed by atoms with Gasteiger partial charge in [-0.1, -0.05) is 98.8 Å². The van der Waals surface area contributed by atoms with E-state index in [9.17, 15) is 0 Å². The van der Waals surface area contributed by atoms with E-state index in [-0.39, 0.29) is 5.41 Å². The summed E-state index contributed by atoms with van der Waals surface area (Å²) >= 11 is 0. The molecule has 43 heavy (non-hydrogen) atoms. The quantitative estimate of drug-likeness (QED) is 0.204. The molecular formula is C39H25N3O. The van der Waals surface area contributed by atoms with Gasteiger partial charge in [0.2, 0.25) is 5.95 Å². The summed E-state index contributed by atoms with van der Waals surface area (Å²) in [7, 11) is 0. The van der Waals surface area contributed by atoms with Crippen molar-refractivity contribution >= 4 is 43.4 Å². The summed E-state index contributed by atoms with van der Waals surface area (Å²) in [6.07, 6.45) is 1.83. The molecule has 0 saturated heterocycles. The van der Waals surface area contributed by atoms with E-state index >= 15 is 0 Å². The molecule has 0 radical (unpaired) electrons. The standard InChI is InChI=1S/C39H25N3O/c1-39(2)29-18-17-22-9-3-4-12-24(22)36(29)28-19-27-25-13-5-6-15-31(25)42(32(27)20-30(28)39)38-40-21-34-37(41-38)26-14-7-10-23-11-8-16-33(43-34)35(23)26/h3-21H,1-2H3. The molecule has 0 spiro atoms. The molecule has 0 N–H and O–H groups in total. The Balaban J connectivity index is 1.27. The molecule has 4 nitrogen and oxygen atoms in total. The van der Waals surface area contributed by atoms with Gasteiger partial charge in [-0.3, -0.25) is 4.57 Å². The largest absolute Gasteiger partial charge is 0.453 e. The zero-order valence-corrected chi connectivity index (χ0v) is 23.7. The monoisotopic (exact) mass is 551 g/mol. The number of rotatable bonds is 1. The summed E-state index contributed by atoms with van der Waals surface area (Å²) in [6.45, 7) is 4.69. The second-order valence-corrected chi connectivity index (χ2v) is 12.2. The maximum atomic E-state index is 6.32. The Bertz CT molecular complexity index is 2510. The average Bonchev–Trinajstić information content (AvgIpc) is 3.48. The molecule has 2 aromatic heterocycles. The predicted octanol–water partition coefficient (Wildman–Crippen LogP) is 9.96. The van der Waals surface area contributed by atoms with E-state index in [1.54, 1.807) is 0 Å². The zero-order valence-electron chi connectivity index (χ0n) is 23.7. The lowest BCUT2D eigenvalue weighted by Crippen LogP contribution is -2.15. The van der Waals surface area contributed by atoms with Crippen molar-refractivity contribution in [2.45, 2.75) is 19.3 Å². The molecule has 0 bridgehead atoms. The molecule has 0 unspecified atom stereocenters. The van der Waals surface area contributed by atoms with Crippen molar-refractivity contribution in [1.82, 2.24) is 14.5 Å². The van der Waals surface area contributed by atoms with Gasteiger partial charge in [0.05, 0.1) is 17.2 Å². The Labute approximate surface area is 247 Å². The van der Waals surface area contributed by atoms with E-state index in [2.05, 4.69) is 115 Å². The Hall–Kier alpha value is -5.48. The van der Waals surface area contributed by atoms with E-state index in [0.717, 1.165) is 38.8 Å². The van der Waals surface area contributed by atoms with Crippen LogP contribution in [0.4, 0.5) is 0 Å². The SMILES string of the molecule is CC1(C)c2cc3c(cc2-c2c1ccc1ccccc21)c1ccccc1n3-c1ncc2c(n1)-c1cccc3cccc(c13)O2. The molecule has 3 heterocycles. The van der Waals surface area contributed by atoms with Gasteiger partial charge in [0, 0.05) is 27.1 Å². The molecule has 6 aromatic carbocycles. The Morgan fingerprint density at radius 2 is 1.42 bits per heavy atom. The molecule has 0 atom stereocenters. The zero-order chi connectivity index (χ0) is 28.4. The predicted molar refractivity (Wildman–Crippen MR) is 174 cm³/mol. The van der Waals surface area contributed by atoms with Gasteiger partial charge in [0.25, 0.3) is 0 Å². The van der Waals surface area contributed by atoms with E-state index in [1.807, 2.05) is 18.3 Å². The summed E-state index contributed by atoms with van der Waals surface area (Å²) < 4.78 is 8.55. The van der Waals surface area contributed by atoms with Crippen molar-refractivity contribution in [3.8, 4) is 39.8 Å². The van der Waals surface area contributed by atoms with Crippen LogP contribution in [0.2, 0.25) is 0 Å². The summed E-state index contributed by atoms with van der Waals surface area (Å²) in [5, 5.41) is 7.21. The molecule has 202 valence electrons. The van der Waals surface area contributed by atoms with Gasteiger partial charge in [-0.05, 0) is 62.7 Å². The molecule has 4 heteroatoms. The third kappa shape index (κ3) is 2.90. The smallest absolute Gasteiger partial charge is 0.235 e. The number of aromatic nitrogens is 3. The maximum Gasteiger partial charge on any atom is 0.235 e. The lowest BCUT2D eigenvalue weighted by atomic mass is 9.82.